The zero-order valence-corrected chi connectivity index (χ0v) is 12.3. The second kappa shape index (κ2) is 6.49. The van der Waals surface area contributed by atoms with Crippen LogP contribution in [-0.4, -0.2) is 30.3 Å². The van der Waals surface area contributed by atoms with E-state index >= 15 is 0 Å². The fourth-order valence-electron chi connectivity index (χ4n) is 2.42. The second-order valence-electron chi connectivity index (χ2n) is 5.13. The molecule has 1 aromatic rings. The minimum Gasteiger partial charge on any atom is -0.497 e. The van der Waals surface area contributed by atoms with Crippen LogP contribution < -0.4 is 5.32 Å². The zero-order valence-electron chi connectivity index (χ0n) is 12.3. The number of dihydropyridines is 1. The van der Waals surface area contributed by atoms with Crippen LogP contribution in [0.1, 0.15) is 5.56 Å². The quantitative estimate of drug-likeness (QED) is 0.899. The highest BCUT2D eigenvalue weighted by molar-refractivity contribution is 6.13. The molecular weight excluding hydrogens is 278 g/mol. The summed E-state index contributed by atoms with van der Waals surface area (Å²) in [7, 11) is 1.60. The van der Waals surface area contributed by atoms with Crippen molar-refractivity contribution in [2.45, 2.75) is 6.54 Å². The third-order valence-corrected chi connectivity index (χ3v) is 3.59. The fourth-order valence-corrected chi connectivity index (χ4v) is 2.42. The number of aliphatic imine (C=N–C) groups is 1. The molecule has 1 N–H and O–H groups in total. The molecule has 1 atom stereocenters. The Labute approximate surface area is 129 Å². The molecule has 0 spiro atoms. The van der Waals surface area contributed by atoms with E-state index in [0.717, 1.165) is 11.3 Å². The summed E-state index contributed by atoms with van der Waals surface area (Å²) in [6.07, 6.45) is 11.2. The van der Waals surface area contributed by atoms with Crippen molar-refractivity contribution in [3.63, 3.8) is 0 Å². The van der Waals surface area contributed by atoms with E-state index in [1.807, 2.05) is 30.4 Å². The van der Waals surface area contributed by atoms with Gasteiger partial charge in [-0.1, -0.05) is 18.2 Å². The van der Waals surface area contributed by atoms with Crippen molar-refractivity contribution in [2.24, 2.45) is 10.9 Å². The van der Waals surface area contributed by atoms with Crippen molar-refractivity contribution >= 4 is 11.6 Å². The molecule has 5 nitrogen and oxygen atoms in total. The first-order chi connectivity index (χ1) is 10.8. The number of rotatable bonds is 5. The standard InChI is InChI=1S/C17H17N3O2/c1-22-15-5-4-13-7-14(17(21)20-16(13)8-15)11-19-10-12-3-2-6-18-9-12/h2-9,13,19H,10-11H2,1H3. The Morgan fingerprint density at radius 1 is 1.36 bits per heavy atom. The lowest BCUT2D eigenvalue weighted by molar-refractivity contribution is -0.114. The summed E-state index contributed by atoms with van der Waals surface area (Å²) in [4.78, 5) is 20.3. The Balaban J connectivity index is 1.62. The molecule has 0 aromatic carbocycles. The molecule has 22 heavy (non-hydrogen) atoms. The Bertz CT molecular complexity index is 687. The number of nitrogens with zero attached hydrogens (tertiary/aromatic N) is 2. The highest BCUT2D eigenvalue weighted by Gasteiger charge is 2.23. The Morgan fingerprint density at radius 3 is 3.05 bits per heavy atom. The number of amides is 1. The summed E-state index contributed by atoms with van der Waals surface area (Å²) in [6.45, 7) is 1.17. The van der Waals surface area contributed by atoms with Crippen LogP contribution in [0.3, 0.4) is 0 Å². The lowest BCUT2D eigenvalue weighted by Gasteiger charge is -2.20. The minimum absolute atomic E-state index is 0.0480. The zero-order chi connectivity index (χ0) is 15.4. The van der Waals surface area contributed by atoms with Crippen molar-refractivity contribution in [1.29, 1.82) is 0 Å². The number of carbonyl (C=O) groups excluding carboxylic acids is 1. The van der Waals surface area contributed by atoms with Crippen molar-refractivity contribution in [3.8, 4) is 0 Å². The minimum atomic E-state index is -0.188. The van der Waals surface area contributed by atoms with Crippen LogP contribution in [0.2, 0.25) is 0 Å². The lowest BCUT2D eigenvalue weighted by Crippen LogP contribution is -2.26. The lowest BCUT2D eigenvalue weighted by atomic mass is 9.92. The van der Waals surface area contributed by atoms with Crippen LogP contribution in [0, 0.1) is 5.92 Å². The number of ether oxygens (including phenoxy) is 1. The topological polar surface area (TPSA) is 63.6 Å². The van der Waals surface area contributed by atoms with Gasteiger partial charge < -0.3 is 10.1 Å². The third-order valence-electron chi connectivity index (χ3n) is 3.59. The van der Waals surface area contributed by atoms with Crippen LogP contribution in [-0.2, 0) is 16.1 Å². The van der Waals surface area contributed by atoms with Crippen LogP contribution >= 0.6 is 0 Å². The van der Waals surface area contributed by atoms with Crippen molar-refractivity contribution in [2.75, 3.05) is 13.7 Å². The van der Waals surface area contributed by atoms with Crippen molar-refractivity contribution < 1.29 is 9.53 Å². The van der Waals surface area contributed by atoms with Gasteiger partial charge >= 0.3 is 0 Å². The van der Waals surface area contributed by atoms with E-state index in [-0.39, 0.29) is 11.8 Å². The summed E-state index contributed by atoms with van der Waals surface area (Å²) in [6, 6.07) is 3.89. The summed E-state index contributed by atoms with van der Waals surface area (Å²) in [5.74, 6) is 0.577. The van der Waals surface area contributed by atoms with Crippen molar-refractivity contribution in [3.05, 3.63) is 65.7 Å². The van der Waals surface area contributed by atoms with E-state index in [9.17, 15) is 4.79 Å². The molecule has 0 saturated carbocycles. The number of hydrogen-bond acceptors (Lipinski definition) is 4. The first-order valence-corrected chi connectivity index (χ1v) is 7.13. The van der Waals surface area contributed by atoms with Gasteiger partial charge in [-0.3, -0.25) is 9.78 Å². The first-order valence-electron chi connectivity index (χ1n) is 7.13. The van der Waals surface area contributed by atoms with Crippen LogP contribution in [0.15, 0.2) is 65.2 Å². The maximum absolute atomic E-state index is 12.1. The molecule has 2 heterocycles. The molecule has 1 unspecified atom stereocenters. The number of allylic oxidation sites excluding steroid dienone is 4. The number of nitrogens with one attached hydrogen (secondary N) is 1. The SMILES string of the molecule is COC1=CC2=NC(=O)C(CNCc3cccnc3)=CC2C=C1. The predicted molar refractivity (Wildman–Crippen MR) is 84.2 cm³/mol. The smallest absolute Gasteiger partial charge is 0.274 e. The fraction of sp³-hybridized carbons (Fsp3) is 0.235. The average Bonchev–Trinajstić information content (AvgIpc) is 2.56. The van der Waals surface area contributed by atoms with Crippen LogP contribution in [0.5, 0.6) is 0 Å². The van der Waals surface area contributed by atoms with E-state index in [0.29, 0.717) is 24.4 Å². The molecule has 1 aliphatic carbocycles. The number of carbonyl (C=O) groups is 1. The van der Waals surface area contributed by atoms with Crippen LogP contribution in [0.4, 0.5) is 0 Å². The molecule has 3 rings (SSSR count). The summed E-state index contributed by atoms with van der Waals surface area (Å²) < 4.78 is 5.16. The molecule has 112 valence electrons. The molecule has 1 amide bonds. The molecule has 1 aliphatic heterocycles. The summed E-state index contributed by atoms with van der Waals surface area (Å²) in [5, 5.41) is 3.25. The van der Waals surface area contributed by atoms with Gasteiger partial charge in [-0.2, -0.15) is 0 Å². The average molecular weight is 295 g/mol. The molecule has 1 aromatic heterocycles. The van der Waals surface area contributed by atoms with Gasteiger partial charge in [0, 0.05) is 43.1 Å². The van der Waals surface area contributed by atoms with Gasteiger partial charge in [0.15, 0.2) is 0 Å². The second-order valence-corrected chi connectivity index (χ2v) is 5.13. The largest absolute Gasteiger partial charge is 0.497 e. The van der Waals surface area contributed by atoms with Gasteiger partial charge in [-0.15, -0.1) is 0 Å². The molecular formula is C17H17N3O2. The molecule has 5 heteroatoms. The highest BCUT2D eigenvalue weighted by Crippen LogP contribution is 2.22. The molecule has 0 saturated heterocycles. The predicted octanol–water partition coefficient (Wildman–Crippen LogP) is 1.80. The maximum atomic E-state index is 12.1. The Morgan fingerprint density at radius 2 is 2.27 bits per heavy atom. The monoisotopic (exact) mass is 295 g/mol. The number of pyridine rings is 1. The Kier molecular flexibility index (Phi) is 4.25. The molecule has 2 aliphatic rings. The normalized spacial score (nSPS) is 20.0. The third kappa shape index (κ3) is 3.20. The van der Waals surface area contributed by atoms with E-state index in [2.05, 4.69) is 15.3 Å². The molecule has 0 radical (unpaired) electrons. The van der Waals surface area contributed by atoms with Crippen LogP contribution in [0.25, 0.3) is 0 Å². The van der Waals surface area contributed by atoms with Crippen molar-refractivity contribution in [1.82, 2.24) is 10.3 Å². The summed E-state index contributed by atoms with van der Waals surface area (Å²) in [5.41, 5.74) is 2.51. The van der Waals surface area contributed by atoms with Gasteiger partial charge in [0.25, 0.3) is 5.91 Å². The number of methoxy groups -OCH3 is 1. The van der Waals surface area contributed by atoms with E-state index in [1.54, 1.807) is 25.6 Å². The number of hydrogen-bond donors (Lipinski definition) is 1. The van der Waals surface area contributed by atoms with E-state index < -0.39 is 0 Å². The van der Waals surface area contributed by atoms with E-state index in [1.165, 1.54) is 0 Å². The molecule has 0 fully saturated rings. The maximum Gasteiger partial charge on any atom is 0.274 e. The van der Waals surface area contributed by atoms with Gasteiger partial charge in [0.1, 0.15) is 5.76 Å². The highest BCUT2D eigenvalue weighted by atomic mass is 16.5. The van der Waals surface area contributed by atoms with E-state index in [4.69, 9.17) is 4.74 Å². The first kappa shape index (κ1) is 14.4. The van der Waals surface area contributed by atoms with Gasteiger partial charge in [-0.25, -0.2) is 4.99 Å². The Hall–Kier alpha value is -2.53. The number of fused-ring (bicyclic) bond motifs is 1. The van der Waals surface area contributed by atoms with Gasteiger partial charge in [-0.05, 0) is 17.7 Å². The van der Waals surface area contributed by atoms with Gasteiger partial charge in [0.05, 0.1) is 12.8 Å². The van der Waals surface area contributed by atoms with Gasteiger partial charge in [0.2, 0.25) is 0 Å². The number of aromatic nitrogens is 1. The molecule has 0 bridgehead atoms. The summed E-state index contributed by atoms with van der Waals surface area (Å²) >= 11 is 0.